The summed E-state index contributed by atoms with van der Waals surface area (Å²) < 4.78 is 18.7. The van der Waals surface area contributed by atoms with Crippen molar-refractivity contribution in [1.82, 2.24) is 15.0 Å². The molecule has 9 heteroatoms. The molecule has 0 bridgehead atoms. The highest BCUT2D eigenvalue weighted by Crippen LogP contribution is 2.33. The molecule has 0 aliphatic rings. The van der Waals surface area contributed by atoms with Crippen molar-refractivity contribution in [2.75, 3.05) is 18.2 Å². The zero-order valence-corrected chi connectivity index (χ0v) is 17.5. The average molecular weight is 441 g/mol. The first-order chi connectivity index (χ1) is 14.6. The van der Waals surface area contributed by atoms with Crippen LogP contribution in [0.3, 0.4) is 0 Å². The van der Waals surface area contributed by atoms with Crippen molar-refractivity contribution in [1.29, 1.82) is 0 Å². The minimum atomic E-state index is -0.316. The number of nitrogens with one attached hydrogen (secondary N) is 2. The van der Waals surface area contributed by atoms with Crippen LogP contribution in [-0.2, 0) is 4.79 Å². The SMILES string of the molecule is COc1cccc(-c2nc(SCC(=O)Nc3nccs3)c(-c3ccc(F)cc3)[nH]2)c1. The molecule has 0 radical (unpaired) electrons. The van der Waals surface area contributed by atoms with Gasteiger partial charge in [0.05, 0.1) is 18.6 Å². The second kappa shape index (κ2) is 9.10. The average Bonchev–Trinajstić information content (AvgIpc) is 3.43. The Morgan fingerprint density at radius 1 is 1.23 bits per heavy atom. The number of thiazole rings is 1. The molecule has 2 aromatic heterocycles. The lowest BCUT2D eigenvalue weighted by Crippen LogP contribution is -2.13. The molecule has 1 amide bonds. The number of amides is 1. The fourth-order valence-corrected chi connectivity index (χ4v) is 4.11. The van der Waals surface area contributed by atoms with Crippen molar-refractivity contribution in [3.05, 3.63) is 65.9 Å². The van der Waals surface area contributed by atoms with Gasteiger partial charge in [0.15, 0.2) is 5.13 Å². The summed E-state index contributed by atoms with van der Waals surface area (Å²) in [6.45, 7) is 0. The third-order valence-electron chi connectivity index (χ3n) is 4.17. The zero-order valence-electron chi connectivity index (χ0n) is 15.9. The maximum absolute atomic E-state index is 13.4. The van der Waals surface area contributed by atoms with E-state index in [4.69, 9.17) is 4.74 Å². The van der Waals surface area contributed by atoms with Gasteiger partial charge in [-0.25, -0.2) is 14.4 Å². The van der Waals surface area contributed by atoms with Crippen molar-refractivity contribution in [2.24, 2.45) is 0 Å². The smallest absolute Gasteiger partial charge is 0.236 e. The number of carbonyl (C=O) groups excluding carboxylic acids is 1. The van der Waals surface area contributed by atoms with Crippen LogP contribution in [0.4, 0.5) is 9.52 Å². The third kappa shape index (κ3) is 4.69. The van der Waals surface area contributed by atoms with E-state index in [1.165, 1.54) is 35.2 Å². The number of methoxy groups -OCH3 is 1. The minimum absolute atomic E-state index is 0.163. The van der Waals surface area contributed by atoms with Crippen LogP contribution in [0.5, 0.6) is 5.75 Å². The first-order valence-electron chi connectivity index (χ1n) is 8.95. The van der Waals surface area contributed by atoms with Crippen molar-refractivity contribution in [3.8, 4) is 28.4 Å². The number of imidazole rings is 1. The maximum Gasteiger partial charge on any atom is 0.236 e. The molecule has 0 aliphatic heterocycles. The molecule has 0 aliphatic carbocycles. The number of ether oxygens (including phenoxy) is 1. The molecular formula is C21H17FN4O2S2. The summed E-state index contributed by atoms with van der Waals surface area (Å²) in [5, 5.41) is 5.75. The summed E-state index contributed by atoms with van der Waals surface area (Å²) >= 11 is 2.66. The lowest BCUT2D eigenvalue weighted by molar-refractivity contribution is -0.113. The van der Waals surface area contributed by atoms with E-state index in [2.05, 4.69) is 20.3 Å². The number of anilines is 1. The molecule has 6 nitrogen and oxygen atoms in total. The molecule has 152 valence electrons. The summed E-state index contributed by atoms with van der Waals surface area (Å²) in [6, 6.07) is 13.7. The lowest BCUT2D eigenvalue weighted by Gasteiger charge is -2.03. The molecule has 0 spiro atoms. The van der Waals surface area contributed by atoms with Gasteiger partial charge >= 0.3 is 0 Å². The van der Waals surface area contributed by atoms with Gasteiger partial charge in [-0.15, -0.1) is 11.3 Å². The normalized spacial score (nSPS) is 10.7. The zero-order chi connectivity index (χ0) is 20.9. The highest BCUT2D eigenvalue weighted by Gasteiger charge is 2.16. The number of rotatable bonds is 7. The van der Waals surface area contributed by atoms with Crippen LogP contribution >= 0.6 is 23.1 Å². The predicted molar refractivity (Wildman–Crippen MR) is 117 cm³/mol. The topological polar surface area (TPSA) is 79.9 Å². The molecular weight excluding hydrogens is 423 g/mol. The van der Waals surface area contributed by atoms with E-state index in [9.17, 15) is 9.18 Å². The van der Waals surface area contributed by atoms with Crippen molar-refractivity contribution in [3.63, 3.8) is 0 Å². The van der Waals surface area contributed by atoms with E-state index >= 15 is 0 Å². The fraction of sp³-hybridized carbons (Fsp3) is 0.0952. The van der Waals surface area contributed by atoms with Gasteiger partial charge in [-0.2, -0.15) is 0 Å². The summed E-state index contributed by atoms with van der Waals surface area (Å²) in [5.41, 5.74) is 2.34. The third-order valence-corrected chi connectivity index (χ3v) is 5.83. The van der Waals surface area contributed by atoms with Crippen LogP contribution in [0, 0.1) is 5.82 Å². The van der Waals surface area contributed by atoms with E-state index in [1.54, 1.807) is 30.8 Å². The van der Waals surface area contributed by atoms with E-state index in [0.29, 0.717) is 21.7 Å². The molecule has 4 aromatic rings. The Bertz CT molecular complexity index is 1140. The first kappa shape index (κ1) is 20.1. The van der Waals surface area contributed by atoms with Crippen molar-refractivity contribution in [2.45, 2.75) is 5.03 Å². The predicted octanol–water partition coefficient (Wildman–Crippen LogP) is 5.08. The molecule has 0 fully saturated rings. The number of aromatic nitrogens is 3. The molecule has 0 saturated heterocycles. The standard InChI is InChI=1S/C21H17FN4O2S2/c1-28-16-4-2-3-14(11-16)19-25-18(13-5-7-15(22)8-6-13)20(26-19)30-12-17(27)24-21-23-9-10-29-21/h2-11H,12H2,1H3,(H,25,26)(H,23,24,27). The second-order valence-electron chi connectivity index (χ2n) is 6.18. The Labute approximate surface area is 180 Å². The van der Waals surface area contributed by atoms with Gasteiger partial charge < -0.3 is 15.0 Å². The molecule has 2 aromatic carbocycles. The van der Waals surface area contributed by atoms with E-state index in [-0.39, 0.29) is 17.5 Å². The Morgan fingerprint density at radius 3 is 2.80 bits per heavy atom. The summed E-state index contributed by atoms with van der Waals surface area (Å²) in [4.78, 5) is 24.3. The van der Waals surface area contributed by atoms with Crippen molar-refractivity contribution >= 4 is 34.1 Å². The largest absolute Gasteiger partial charge is 0.497 e. The minimum Gasteiger partial charge on any atom is -0.497 e. The van der Waals surface area contributed by atoms with Gasteiger partial charge in [0.1, 0.15) is 22.4 Å². The summed E-state index contributed by atoms with van der Waals surface area (Å²) in [5.74, 6) is 1.02. The number of benzene rings is 2. The fourth-order valence-electron chi connectivity index (χ4n) is 2.76. The van der Waals surface area contributed by atoms with E-state index < -0.39 is 0 Å². The van der Waals surface area contributed by atoms with Crippen LogP contribution in [0.2, 0.25) is 0 Å². The Morgan fingerprint density at radius 2 is 2.07 bits per heavy atom. The van der Waals surface area contributed by atoms with Crippen LogP contribution in [-0.4, -0.2) is 33.7 Å². The highest BCUT2D eigenvalue weighted by molar-refractivity contribution is 8.00. The van der Waals surface area contributed by atoms with Gasteiger partial charge in [-0.3, -0.25) is 4.79 Å². The summed E-state index contributed by atoms with van der Waals surface area (Å²) in [6.07, 6.45) is 1.63. The monoisotopic (exact) mass is 440 g/mol. The van der Waals surface area contributed by atoms with Gasteiger partial charge in [-0.1, -0.05) is 23.9 Å². The Hall–Kier alpha value is -3.17. The van der Waals surface area contributed by atoms with Crippen molar-refractivity contribution < 1.29 is 13.9 Å². The highest BCUT2D eigenvalue weighted by atomic mass is 32.2. The number of hydrogen-bond acceptors (Lipinski definition) is 6. The number of thioether (sulfide) groups is 1. The molecule has 4 rings (SSSR count). The number of nitrogens with zero attached hydrogens (tertiary/aromatic N) is 2. The second-order valence-corrected chi connectivity index (χ2v) is 8.04. The van der Waals surface area contributed by atoms with Gasteiger partial charge in [0, 0.05) is 22.7 Å². The van der Waals surface area contributed by atoms with Gasteiger partial charge in [0.2, 0.25) is 5.91 Å². The number of aromatic amines is 1. The molecule has 2 heterocycles. The molecule has 30 heavy (non-hydrogen) atoms. The Balaban J connectivity index is 1.62. The molecule has 0 atom stereocenters. The molecule has 0 unspecified atom stereocenters. The van der Waals surface area contributed by atoms with Crippen LogP contribution in [0.15, 0.2) is 65.1 Å². The first-order valence-corrected chi connectivity index (χ1v) is 10.8. The lowest BCUT2D eigenvalue weighted by atomic mass is 10.1. The number of halogens is 1. The van der Waals surface area contributed by atoms with Crippen LogP contribution in [0.25, 0.3) is 22.6 Å². The van der Waals surface area contributed by atoms with E-state index in [1.807, 2.05) is 24.3 Å². The summed E-state index contributed by atoms with van der Waals surface area (Å²) in [7, 11) is 1.60. The Kier molecular flexibility index (Phi) is 6.10. The maximum atomic E-state index is 13.4. The number of carbonyl (C=O) groups is 1. The number of hydrogen-bond donors (Lipinski definition) is 2. The van der Waals surface area contributed by atoms with E-state index in [0.717, 1.165) is 16.8 Å². The quantitative estimate of drug-likeness (QED) is 0.392. The number of H-pyrrole nitrogens is 1. The molecule has 0 saturated carbocycles. The molecule has 2 N–H and O–H groups in total. The van der Waals surface area contributed by atoms with Crippen LogP contribution in [0.1, 0.15) is 0 Å². The van der Waals surface area contributed by atoms with Crippen LogP contribution < -0.4 is 10.1 Å². The van der Waals surface area contributed by atoms with Gasteiger partial charge in [-0.05, 0) is 36.4 Å². The van der Waals surface area contributed by atoms with Gasteiger partial charge in [0.25, 0.3) is 0 Å².